The number of hydrogen-bond acceptors (Lipinski definition) is 2. The molecule has 0 saturated heterocycles. The molecule has 0 heterocycles. The van der Waals surface area contributed by atoms with Crippen LogP contribution in [-0.2, 0) is 0 Å². The molecule has 0 bridgehead atoms. The molecular weight excluding hydrogens is 340 g/mol. The second-order valence-electron chi connectivity index (χ2n) is 6.79. The molecule has 0 aliphatic rings. The lowest BCUT2D eigenvalue weighted by Crippen LogP contribution is -1.89. The third-order valence-electron chi connectivity index (χ3n) is 4.77. The number of hydrogen-bond donors (Lipinski definition) is 2. The summed E-state index contributed by atoms with van der Waals surface area (Å²) in [4.78, 5) is 0. The van der Waals surface area contributed by atoms with Crippen LogP contribution in [0.5, 0.6) is 0 Å². The van der Waals surface area contributed by atoms with Gasteiger partial charge in [-0.05, 0) is 57.6 Å². The standard InChI is InChI=1S/C26H22N2/c27-24-15-7-19(8-16-24)6-9-22-14-17-25(28)18-26(22)23-12-10-21(11-13-23)20-4-2-1-3-5-20/h1-18H,27-28H2. The summed E-state index contributed by atoms with van der Waals surface area (Å²) in [6.45, 7) is 0. The molecule has 0 aliphatic carbocycles. The maximum Gasteiger partial charge on any atom is 0.0320 e. The van der Waals surface area contributed by atoms with E-state index in [4.69, 9.17) is 11.5 Å². The number of nitrogens with two attached hydrogens (primary N) is 2. The van der Waals surface area contributed by atoms with Gasteiger partial charge < -0.3 is 11.5 Å². The maximum absolute atomic E-state index is 6.07. The van der Waals surface area contributed by atoms with Gasteiger partial charge in [-0.25, -0.2) is 0 Å². The summed E-state index contributed by atoms with van der Waals surface area (Å²) < 4.78 is 0. The Balaban J connectivity index is 1.67. The SMILES string of the molecule is Nc1ccc(C=Cc2ccc(N)cc2-c2ccc(-c3ccccc3)cc2)cc1. The van der Waals surface area contributed by atoms with Crippen molar-refractivity contribution in [2.45, 2.75) is 0 Å². The topological polar surface area (TPSA) is 52.0 Å². The zero-order valence-corrected chi connectivity index (χ0v) is 15.5. The first-order valence-corrected chi connectivity index (χ1v) is 9.28. The van der Waals surface area contributed by atoms with Crippen LogP contribution in [0.25, 0.3) is 34.4 Å². The summed E-state index contributed by atoms with van der Waals surface area (Å²) in [6.07, 6.45) is 4.21. The molecule has 4 aromatic rings. The van der Waals surface area contributed by atoms with Crippen molar-refractivity contribution in [2.75, 3.05) is 11.5 Å². The Morgan fingerprint density at radius 1 is 0.500 bits per heavy atom. The first-order valence-electron chi connectivity index (χ1n) is 9.28. The fraction of sp³-hybridized carbons (Fsp3) is 0. The van der Waals surface area contributed by atoms with Crippen molar-refractivity contribution < 1.29 is 0 Å². The molecule has 0 saturated carbocycles. The molecular formula is C26H22N2. The zero-order valence-electron chi connectivity index (χ0n) is 15.5. The molecule has 0 amide bonds. The average molecular weight is 362 g/mol. The Kier molecular flexibility index (Phi) is 4.94. The molecule has 2 heteroatoms. The van der Waals surface area contributed by atoms with Crippen LogP contribution in [0.2, 0.25) is 0 Å². The molecule has 136 valence electrons. The van der Waals surface area contributed by atoms with E-state index in [0.717, 1.165) is 33.6 Å². The van der Waals surface area contributed by atoms with Gasteiger partial charge in [0.25, 0.3) is 0 Å². The van der Waals surface area contributed by atoms with Gasteiger partial charge in [-0.3, -0.25) is 0 Å². The van der Waals surface area contributed by atoms with Crippen LogP contribution in [0.15, 0.2) is 97.1 Å². The van der Waals surface area contributed by atoms with E-state index in [0.29, 0.717) is 0 Å². The lowest BCUT2D eigenvalue weighted by molar-refractivity contribution is 1.57. The second kappa shape index (κ2) is 7.85. The van der Waals surface area contributed by atoms with Crippen molar-refractivity contribution in [3.8, 4) is 22.3 Å². The molecule has 28 heavy (non-hydrogen) atoms. The van der Waals surface area contributed by atoms with Gasteiger partial charge in [-0.1, -0.05) is 84.9 Å². The minimum absolute atomic E-state index is 0.756. The van der Waals surface area contributed by atoms with Crippen molar-refractivity contribution in [3.05, 3.63) is 108 Å². The quantitative estimate of drug-likeness (QED) is 0.328. The molecule has 0 unspecified atom stereocenters. The lowest BCUT2D eigenvalue weighted by atomic mass is 9.96. The van der Waals surface area contributed by atoms with Crippen LogP contribution in [0, 0.1) is 0 Å². The zero-order chi connectivity index (χ0) is 19.3. The number of benzene rings is 4. The normalized spacial score (nSPS) is 11.0. The first-order chi connectivity index (χ1) is 13.7. The minimum atomic E-state index is 0.756. The van der Waals surface area contributed by atoms with Crippen LogP contribution in [0.4, 0.5) is 11.4 Å². The minimum Gasteiger partial charge on any atom is -0.399 e. The van der Waals surface area contributed by atoms with E-state index in [2.05, 4.69) is 66.7 Å². The monoisotopic (exact) mass is 362 g/mol. The Bertz CT molecular complexity index is 1090. The van der Waals surface area contributed by atoms with Crippen molar-refractivity contribution >= 4 is 23.5 Å². The molecule has 2 nitrogen and oxygen atoms in total. The predicted molar refractivity (Wildman–Crippen MR) is 122 cm³/mol. The third kappa shape index (κ3) is 3.97. The van der Waals surface area contributed by atoms with E-state index in [1.807, 2.05) is 42.5 Å². The molecule has 0 aromatic heterocycles. The molecule has 0 spiro atoms. The molecule has 4 aromatic carbocycles. The summed E-state index contributed by atoms with van der Waals surface area (Å²) in [5.41, 5.74) is 20.3. The number of anilines is 2. The van der Waals surface area contributed by atoms with E-state index in [9.17, 15) is 0 Å². The largest absolute Gasteiger partial charge is 0.399 e. The predicted octanol–water partition coefficient (Wildman–Crippen LogP) is 6.36. The van der Waals surface area contributed by atoms with Crippen LogP contribution in [0.3, 0.4) is 0 Å². The van der Waals surface area contributed by atoms with Crippen LogP contribution >= 0.6 is 0 Å². The molecule has 0 radical (unpaired) electrons. The number of nitrogen functional groups attached to an aromatic ring is 2. The highest BCUT2D eigenvalue weighted by Gasteiger charge is 2.05. The molecule has 0 fully saturated rings. The second-order valence-corrected chi connectivity index (χ2v) is 6.79. The summed E-state index contributed by atoms with van der Waals surface area (Å²) in [5.74, 6) is 0. The van der Waals surface area contributed by atoms with Gasteiger partial charge in [0.05, 0.1) is 0 Å². The van der Waals surface area contributed by atoms with E-state index >= 15 is 0 Å². The van der Waals surface area contributed by atoms with Crippen LogP contribution in [0.1, 0.15) is 11.1 Å². The average Bonchev–Trinajstić information content (AvgIpc) is 2.75. The Labute approximate surface area is 165 Å². The fourth-order valence-corrected chi connectivity index (χ4v) is 3.24. The van der Waals surface area contributed by atoms with Crippen LogP contribution in [-0.4, -0.2) is 0 Å². The van der Waals surface area contributed by atoms with Crippen molar-refractivity contribution in [1.82, 2.24) is 0 Å². The molecule has 4 N–H and O–H groups in total. The Morgan fingerprint density at radius 3 is 1.82 bits per heavy atom. The summed E-state index contributed by atoms with van der Waals surface area (Å²) in [6, 6.07) is 32.9. The van der Waals surface area contributed by atoms with Gasteiger partial charge in [0.15, 0.2) is 0 Å². The summed E-state index contributed by atoms with van der Waals surface area (Å²) in [5, 5.41) is 0. The van der Waals surface area contributed by atoms with Crippen LogP contribution < -0.4 is 11.5 Å². The first kappa shape index (κ1) is 17.6. The van der Waals surface area contributed by atoms with E-state index in [1.165, 1.54) is 11.1 Å². The lowest BCUT2D eigenvalue weighted by Gasteiger charge is -2.10. The van der Waals surface area contributed by atoms with Crippen molar-refractivity contribution in [2.24, 2.45) is 0 Å². The van der Waals surface area contributed by atoms with Gasteiger partial charge in [-0.2, -0.15) is 0 Å². The third-order valence-corrected chi connectivity index (χ3v) is 4.77. The van der Waals surface area contributed by atoms with E-state index in [-0.39, 0.29) is 0 Å². The van der Waals surface area contributed by atoms with Gasteiger partial charge >= 0.3 is 0 Å². The van der Waals surface area contributed by atoms with Crippen molar-refractivity contribution in [3.63, 3.8) is 0 Å². The summed E-state index contributed by atoms with van der Waals surface area (Å²) in [7, 11) is 0. The van der Waals surface area contributed by atoms with Crippen molar-refractivity contribution in [1.29, 1.82) is 0 Å². The van der Waals surface area contributed by atoms with Gasteiger partial charge in [0.1, 0.15) is 0 Å². The summed E-state index contributed by atoms with van der Waals surface area (Å²) >= 11 is 0. The number of rotatable bonds is 4. The molecule has 0 aliphatic heterocycles. The molecule has 0 atom stereocenters. The maximum atomic E-state index is 6.07. The van der Waals surface area contributed by atoms with E-state index in [1.54, 1.807) is 0 Å². The van der Waals surface area contributed by atoms with Gasteiger partial charge in [0.2, 0.25) is 0 Å². The van der Waals surface area contributed by atoms with Gasteiger partial charge in [-0.15, -0.1) is 0 Å². The van der Waals surface area contributed by atoms with Gasteiger partial charge in [0, 0.05) is 11.4 Å². The smallest absolute Gasteiger partial charge is 0.0320 e. The Morgan fingerprint density at radius 2 is 1.11 bits per heavy atom. The fourth-order valence-electron chi connectivity index (χ4n) is 3.24. The Hall–Kier alpha value is -3.78. The van der Waals surface area contributed by atoms with E-state index < -0.39 is 0 Å². The molecule has 4 rings (SSSR count). The highest BCUT2D eigenvalue weighted by Crippen LogP contribution is 2.30. The highest BCUT2D eigenvalue weighted by molar-refractivity contribution is 5.83. The highest BCUT2D eigenvalue weighted by atomic mass is 14.5.